The standard InChI is InChI=1S/C28H40N6O2/c1-10-35-27(29)22-12-11-18(4)23-13-24(30-14-19(23)5)26-21(7)32-34(9)28(26)36-20(6)15-33(8)16-25(22)31-17(2)3/h11-14,17,20H,4,10,15-16,29H2,1-3,5-9H3/b12-11+,27-22+,31-25?/t20-/m0/s1. The van der Waals surface area contributed by atoms with Crippen molar-refractivity contribution < 1.29 is 9.47 Å². The number of allylic oxidation sites excluding steroid dienone is 3. The molecule has 36 heavy (non-hydrogen) atoms. The van der Waals surface area contributed by atoms with Crippen molar-refractivity contribution in [3.63, 3.8) is 0 Å². The first kappa shape index (κ1) is 27.2. The molecule has 0 saturated heterocycles. The van der Waals surface area contributed by atoms with Gasteiger partial charge in [0.1, 0.15) is 6.10 Å². The summed E-state index contributed by atoms with van der Waals surface area (Å²) in [5, 5.41) is 4.62. The maximum atomic E-state index is 6.46. The van der Waals surface area contributed by atoms with Gasteiger partial charge in [-0.05, 0) is 77.4 Å². The molecule has 2 aromatic rings. The second-order valence-electron chi connectivity index (χ2n) is 9.64. The van der Waals surface area contributed by atoms with Crippen LogP contribution in [-0.2, 0) is 11.8 Å². The lowest BCUT2D eigenvalue weighted by Crippen LogP contribution is -2.36. The Morgan fingerprint density at radius 1 is 1.31 bits per heavy atom. The maximum absolute atomic E-state index is 6.46. The minimum atomic E-state index is -0.110. The quantitative estimate of drug-likeness (QED) is 0.637. The van der Waals surface area contributed by atoms with Gasteiger partial charge >= 0.3 is 0 Å². The molecular weight excluding hydrogens is 452 g/mol. The van der Waals surface area contributed by atoms with Crippen molar-refractivity contribution >= 4 is 11.3 Å². The maximum Gasteiger partial charge on any atom is 0.221 e. The second-order valence-corrected chi connectivity index (χ2v) is 9.64. The van der Waals surface area contributed by atoms with Crippen LogP contribution in [0.3, 0.4) is 0 Å². The number of pyridine rings is 1. The van der Waals surface area contributed by atoms with Gasteiger partial charge < -0.3 is 15.2 Å². The van der Waals surface area contributed by atoms with Crippen LogP contribution in [0.25, 0.3) is 16.8 Å². The van der Waals surface area contributed by atoms with Gasteiger partial charge in [0, 0.05) is 32.4 Å². The lowest BCUT2D eigenvalue weighted by Gasteiger charge is -2.24. The van der Waals surface area contributed by atoms with Crippen LogP contribution in [0.15, 0.2) is 47.4 Å². The Kier molecular flexibility index (Phi) is 8.74. The highest BCUT2D eigenvalue weighted by Crippen LogP contribution is 2.34. The molecule has 1 atom stereocenters. The molecule has 1 aliphatic rings. The Morgan fingerprint density at radius 3 is 2.69 bits per heavy atom. The molecule has 194 valence electrons. The summed E-state index contributed by atoms with van der Waals surface area (Å²) in [7, 11) is 3.95. The van der Waals surface area contributed by atoms with Crippen LogP contribution in [0.4, 0.5) is 0 Å². The number of hydrogen-bond acceptors (Lipinski definition) is 7. The summed E-state index contributed by atoms with van der Waals surface area (Å²) in [5.74, 6) is 1.05. The number of nitrogens with zero attached hydrogens (tertiary/aromatic N) is 5. The summed E-state index contributed by atoms with van der Waals surface area (Å²) in [6.45, 7) is 18.2. The fourth-order valence-electron chi connectivity index (χ4n) is 4.40. The van der Waals surface area contributed by atoms with Crippen molar-refractivity contribution in [3.8, 4) is 17.1 Å². The van der Waals surface area contributed by atoms with E-state index in [1.807, 2.05) is 59.3 Å². The van der Waals surface area contributed by atoms with Gasteiger partial charge in [-0.1, -0.05) is 12.7 Å². The van der Waals surface area contributed by atoms with E-state index < -0.39 is 0 Å². The summed E-state index contributed by atoms with van der Waals surface area (Å²) >= 11 is 0. The summed E-state index contributed by atoms with van der Waals surface area (Å²) in [4.78, 5) is 11.8. The molecular formula is C28H40N6O2. The Bertz CT molecular complexity index is 1200. The normalized spacial score (nSPS) is 21.0. The molecule has 3 rings (SSSR count). The van der Waals surface area contributed by atoms with Crippen molar-refractivity contribution in [1.29, 1.82) is 0 Å². The zero-order chi connectivity index (χ0) is 26.6. The number of likely N-dealkylation sites (N-methyl/N-ethyl adjacent to an activating group) is 1. The SMILES string of the molecule is C=C1/C=C/C(=C(/N)OCC)C(=NC(C)C)CN(C)C[C@H](C)Oc2c(c(C)nn2C)-c2cc1c(C)cn2. The van der Waals surface area contributed by atoms with Crippen LogP contribution in [0, 0.1) is 13.8 Å². The van der Waals surface area contributed by atoms with Crippen molar-refractivity contribution in [3.05, 3.63) is 59.3 Å². The minimum Gasteiger partial charge on any atom is -0.479 e. The highest BCUT2D eigenvalue weighted by atomic mass is 16.5. The summed E-state index contributed by atoms with van der Waals surface area (Å²) in [5.41, 5.74) is 13.4. The Balaban J connectivity index is 2.23. The number of rotatable bonds is 3. The fraction of sp³-hybridized carbons (Fsp3) is 0.464. The molecule has 2 aromatic heterocycles. The molecule has 0 spiro atoms. The van der Waals surface area contributed by atoms with E-state index in [1.165, 1.54) is 0 Å². The largest absolute Gasteiger partial charge is 0.479 e. The predicted molar refractivity (Wildman–Crippen MR) is 147 cm³/mol. The first-order valence-electron chi connectivity index (χ1n) is 12.4. The number of aryl methyl sites for hydroxylation is 3. The third-order valence-corrected chi connectivity index (χ3v) is 5.92. The van der Waals surface area contributed by atoms with Gasteiger partial charge in [0.25, 0.3) is 0 Å². The lowest BCUT2D eigenvalue weighted by molar-refractivity contribution is 0.159. The molecule has 8 heteroatoms. The third kappa shape index (κ3) is 6.23. The van der Waals surface area contributed by atoms with Crippen LogP contribution < -0.4 is 10.5 Å². The highest BCUT2D eigenvalue weighted by molar-refractivity contribution is 6.05. The van der Waals surface area contributed by atoms with E-state index in [9.17, 15) is 0 Å². The number of ether oxygens (including phenoxy) is 2. The smallest absolute Gasteiger partial charge is 0.221 e. The van der Waals surface area contributed by atoms with Gasteiger partial charge in [-0.15, -0.1) is 0 Å². The predicted octanol–water partition coefficient (Wildman–Crippen LogP) is 4.44. The Labute approximate surface area is 215 Å². The van der Waals surface area contributed by atoms with E-state index in [0.717, 1.165) is 44.9 Å². The van der Waals surface area contributed by atoms with E-state index in [4.69, 9.17) is 25.2 Å². The third-order valence-electron chi connectivity index (χ3n) is 5.92. The number of hydrogen-bond donors (Lipinski definition) is 1. The molecule has 8 nitrogen and oxygen atoms in total. The van der Waals surface area contributed by atoms with Gasteiger partial charge in [0.2, 0.25) is 5.88 Å². The Morgan fingerprint density at radius 2 is 2.03 bits per heavy atom. The lowest BCUT2D eigenvalue weighted by atomic mass is 9.99. The Hall–Kier alpha value is -3.39. The molecule has 0 fully saturated rings. The summed E-state index contributed by atoms with van der Waals surface area (Å²) in [6, 6.07) is 2.14. The van der Waals surface area contributed by atoms with Crippen LogP contribution in [0.5, 0.6) is 5.88 Å². The number of aliphatic imine (C=N–C) groups is 1. The zero-order valence-electron chi connectivity index (χ0n) is 22.9. The average Bonchev–Trinajstić information content (AvgIpc) is 3.05. The van der Waals surface area contributed by atoms with E-state index >= 15 is 0 Å². The molecule has 2 N–H and O–H groups in total. The molecule has 0 aliphatic carbocycles. The van der Waals surface area contributed by atoms with Gasteiger partial charge in [0.15, 0.2) is 5.88 Å². The van der Waals surface area contributed by atoms with E-state index in [2.05, 4.69) is 37.3 Å². The second kappa shape index (κ2) is 11.6. The fourth-order valence-corrected chi connectivity index (χ4v) is 4.40. The van der Waals surface area contributed by atoms with Gasteiger partial charge in [0.05, 0.1) is 34.8 Å². The molecule has 0 radical (unpaired) electrons. The number of nitrogens with two attached hydrogens (primary N) is 1. The van der Waals surface area contributed by atoms with Crippen LogP contribution >= 0.6 is 0 Å². The van der Waals surface area contributed by atoms with Gasteiger partial charge in [-0.25, -0.2) is 4.68 Å². The van der Waals surface area contributed by atoms with E-state index in [1.54, 1.807) is 4.68 Å². The van der Waals surface area contributed by atoms with Crippen molar-refractivity contribution in [1.82, 2.24) is 19.7 Å². The number of fused-ring (bicyclic) bond motifs is 4. The van der Waals surface area contributed by atoms with Crippen molar-refractivity contribution in [2.75, 3.05) is 26.7 Å². The first-order chi connectivity index (χ1) is 17.0. The van der Waals surface area contributed by atoms with Gasteiger partial charge in [-0.3, -0.25) is 14.9 Å². The molecule has 1 aliphatic heterocycles. The highest BCUT2D eigenvalue weighted by Gasteiger charge is 2.23. The average molecular weight is 493 g/mol. The number of aromatic nitrogens is 3. The topological polar surface area (TPSA) is 90.8 Å². The van der Waals surface area contributed by atoms with Crippen LogP contribution in [0.1, 0.15) is 44.5 Å². The van der Waals surface area contributed by atoms with Gasteiger partial charge in [-0.2, -0.15) is 5.10 Å². The molecule has 0 saturated carbocycles. The minimum absolute atomic E-state index is 0.0927. The molecule has 0 aromatic carbocycles. The molecule has 0 amide bonds. The van der Waals surface area contributed by atoms with Crippen molar-refractivity contribution in [2.45, 2.75) is 53.7 Å². The monoisotopic (exact) mass is 492 g/mol. The van der Waals surface area contributed by atoms with Crippen molar-refractivity contribution in [2.24, 2.45) is 17.8 Å². The van der Waals surface area contributed by atoms with E-state index in [-0.39, 0.29) is 12.1 Å². The van der Waals surface area contributed by atoms with E-state index in [0.29, 0.717) is 31.5 Å². The zero-order valence-corrected chi connectivity index (χ0v) is 22.9. The van der Waals surface area contributed by atoms with Crippen LogP contribution in [-0.4, -0.2) is 64.3 Å². The summed E-state index contributed by atoms with van der Waals surface area (Å²) < 4.78 is 14.0. The molecule has 0 unspecified atom stereocenters. The molecule has 3 heterocycles. The van der Waals surface area contributed by atoms with Crippen LogP contribution in [0.2, 0.25) is 0 Å². The molecule has 2 bridgehead atoms. The first-order valence-corrected chi connectivity index (χ1v) is 12.4. The summed E-state index contributed by atoms with van der Waals surface area (Å²) in [6.07, 6.45) is 5.69.